The maximum absolute atomic E-state index is 11.7. The van der Waals surface area contributed by atoms with E-state index in [2.05, 4.69) is 0 Å². The monoisotopic (exact) mass is 177 g/mol. The Labute approximate surface area is 72.3 Å². The van der Waals surface area contributed by atoms with Crippen molar-refractivity contribution in [3.8, 4) is 0 Å². The average Bonchev–Trinajstić information content (AvgIpc) is 2.31. The summed E-state index contributed by atoms with van der Waals surface area (Å²) >= 11 is 0. The van der Waals surface area contributed by atoms with Gasteiger partial charge in [-0.2, -0.15) is 0 Å². The molecule has 0 N–H and O–H groups in total. The van der Waals surface area contributed by atoms with Crippen LogP contribution in [-0.2, 0) is 10.0 Å². The van der Waals surface area contributed by atoms with Crippen LogP contribution in [-0.4, -0.2) is 17.6 Å². The molecule has 1 heterocycles. The molecule has 1 aromatic heterocycles. The van der Waals surface area contributed by atoms with Crippen LogP contribution in [0.1, 0.15) is 19.3 Å². The van der Waals surface area contributed by atoms with Gasteiger partial charge in [0.15, 0.2) is 0 Å². The van der Waals surface area contributed by atoms with Crippen molar-refractivity contribution >= 4 is 10.0 Å². The normalized spacial score (nSPS) is 17.4. The van der Waals surface area contributed by atoms with Crippen molar-refractivity contribution in [2.24, 2.45) is 0 Å². The molecule has 0 aliphatic heterocycles. The Hall–Kier alpha value is -0.770. The van der Waals surface area contributed by atoms with E-state index in [-0.39, 0.29) is 0 Å². The standard InChI is InChI=1S/C7H11NO2S/c1-7(2)11(9,10)8-5-3-4-6-8/h3-7H,1-2H3/i3D,4D,5D,6D. The van der Waals surface area contributed by atoms with Crippen LogP contribution in [0.25, 0.3) is 0 Å². The van der Waals surface area contributed by atoms with Crippen LogP contribution in [0.15, 0.2) is 24.4 Å². The Morgan fingerprint density at radius 3 is 2.18 bits per heavy atom. The fraction of sp³-hybridized carbons (Fsp3) is 0.429. The van der Waals surface area contributed by atoms with Crippen molar-refractivity contribution in [1.82, 2.24) is 3.97 Å². The third kappa shape index (κ3) is 1.45. The molecule has 1 rings (SSSR count). The van der Waals surface area contributed by atoms with Crippen LogP contribution in [0.5, 0.6) is 0 Å². The number of hydrogen-bond acceptors (Lipinski definition) is 2. The van der Waals surface area contributed by atoms with Gasteiger partial charge in [-0.1, -0.05) is 0 Å². The van der Waals surface area contributed by atoms with Crippen LogP contribution in [0.2, 0.25) is 0 Å². The molecule has 0 aliphatic rings. The summed E-state index contributed by atoms with van der Waals surface area (Å²) < 4.78 is 53.0. The van der Waals surface area contributed by atoms with Gasteiger partial charge in [-0.05, 0) is 25.9 Å². The molecule has 1 aromatic rings. The maximum atomic E-state index is 11.7. The molecule has 3 nitrogen and oxygen atoms in total. The Bertz CT molecular complexity index is 466. The van der Waals surface area contributed by atoms with Crippen LogP contribution in [0, 0.1) is 0 Å². The van der Waals surface area contributed by atoms with E-state index in [9.17, 15) is 8.42 Å². The Balaban J connectivity index is 3.60. The van der Waals surface area contributed by atoms with Crippen LogP contribution < -0.4 is 0 Å². The highest BCUT2D eigenvalue weighted by atomic mass is 32.2. The van der Waals surface area contributed by atoms with Gasteiger partial charge in [-0.3, -0.25) is 3.97 Å². The lowest BCUT2D eigenvalue weighted by molar-refractivity contribution is 0.578. The largest absolute Gasteiger partial charge is 0.253 e. The zero-order valence-corrected chi connectivity index (χ0v) is 7.07. The second-order valence-corrected chi connectivity index (χ2v) is 4.67. The van der Waals surface area contributed by atoms with Crippen LogP contribution in [0.4, 0.5) is 0 Å². The number of rotatable bonds is 2. The second kappa shape index (κ2) is 2.70. The second-order valence-electron chi connectivity index (χ2n) is 2.33. The highest BCUT2D eigenvalue weighted by Gasteiger charge is 2.16. The lowest BCUT2D eigenvalue weighted by atomic mass is 10.6. The zero-order valence-electron chi connectivity index (χ0n) is 10.2. The minimum absolute atomic E-state index is 0.433. The lowest BCUT2D eigenvalue weighted by Crippen LogP contribution is -2.20. The van der Waals surface area contributed by atoms with E-state index in [0.717, 1.165) is 0 Å². The molecule has 0 unspecified atom stereocenters. The summed E-state index contributed by atoms with van der Waals surface area (Å²) in [6.45, 7) is 2.84. The van der Waals surface area contributed by atoms with Gasteiger partial charge in [-0.25, -0.2) is 8.42 Å². The van der Waals surface area contributed by atoms with Crippen LogP contribution in [0.3, 0.4) is 0 Å². The SMILES string of the molecule is [2H]c1c([2H])c([2H])n(S(=O)(=O)C(C)C)c1[2H]. The van der Waals surface area contributed by atoms with E-state index in [1.165, 1.54) is 13.8 Å². The predicted octanol–water partition coefficient (Wildman–Crippen LogP) is 1.07. The fourth-order valence-electron chi connectivity index (χ4n) is 0.523. The molecule has 0 saturated carbocycles. The van der Waals surface area contributed by atoms with E-state index in [1.807, 2.05) is 0 Å². The van der Waals surface area contributed by atoms with Gasteiger partial charge in [-0.15, -0.1) is 0 Å². The highest BCUT2D eigenvalue weighted by Crippen LogP contribution is 2.04. The van der Waals surface area contributed by atoms with Crippen molar-refractivity contribution in [1.29, 1.82) is 0 Å². The molecule has 0 atom stereocenters. The first kappa shape index (κ1) is 4.30. The van der Waals surface area contributed by atoms with Crippen molar-refractivity contribution in [3.05, 3.63) is 24.4 Å². The molecule has 0 saturated heterocycles. The minimum Gasteiger partial charge on any atom is -0.253 e. The number of hydrogen-bond donors (Lipinski definition) is 0. The van der Waals surface area contributed by atoms with E-state index in [4.69, 9.17) is 5.48 Å². The fourth-order valence-corrected chi connectivity index (χ4v) is 1.29. The Morgan fingerprint density at radius 2 is 1.82 bits per heavy atom. The molecule has 0 radical (unpaired) electrons. The molecule has 62 valence electrons. The van der Waals surface area contributed by atoms with Gasteiger partial charge in [0.1, 0.15) is 0 Å². The lowest BCUT2D eigenvalue weighted by Gasteiger charge is -2.07. The summed E-state index contributed by atoms with van der Waals surface area (Å²) in [5.74, 6) is 0. The van der Waals surface area contributed by atoms with Crippen molar-refractivity contribution in [3.63, 3.8) is 0 Å². The predicted molar refractivity (Wildman–Crippen MR) is 43.9 cm³/mol. The van der Waals surface area contributed by atoms with Gasteiger partial charge in [0, 0.05) is 12.3 Å². The topological polar surface area (TPSA) is 39.1 Å². The summed E-state index contributed by atoms with van der Waals surface area (Å²) in [5.41, 5.74) is 0. The molecular formula is C7H11NO2S. The smallest absolute Gasteiger partial charge is 0.240 e. The van der Waals surface area contributed by atoms with Crippen molar-refractivity contribution in [2.75, 3.05) is 0 Å². The zero-order chi connectivity index (χ0) is 12.0. The summed E-state index contributed by atoms with van der Waals surface area (Å²) in [6, 6.07) is -1.08. The first-order chi connectivity index (χ1) is 6.71. The molecule has 11 heavy (non-hydrogen) atoms. The summed E-state index contributed by atoms with van der Waals surface area (Å²) in [5, 5.41) is -0.795. The summed E-state index contributed by atoms with van der Waals surface area (Å²) in [4.78, 5) is 0. The van der Waals surface area contributed by atoms with Gasteiger partial charge < -0.3 is 0 Å². The van der Waals surface area contributed by atoms with Gasteiger partial charge in [0.05, 0.1) is 10.7 Å². The molecule has 0 bridgehead atoms. The molecule has 4 heteroatoms. The average molecular weight is 177 g/mol. The molecule has 0 aromatic carbocycles. The van der Waals surface area contributed by atoms with E-state index in [1.54, 1.807) is 0 Å². The first-order valence-corrected chi connectivity index (χ1v) is 4.61. The van der Waals surface area contributed by atoms with Crippen LogP contribution >= 0.6 is 0 Å². The van der Waals surface area contributed by atoms with E-state index in [0.29, 0.717) is 3.97 Å². The quantitative estimate of drug-likeness (QED) is 0.678. The third-order valence-corrected chi connectivity index (χ3v) is 3.11. The van der Waals surface area contributed by atoms with Crippen molar-refractivity contribution < 1.29 is 13.9 Å². The van der Waals surface area contributed by atoms with Gasteiger partial charge in [0.25, 0.3) is 0 Å². The molecular weight excluding hydrogens is 162 g/mol. The van der Waals surface area contributed by atoms with E-state index < -0.39 is 39.7 Å². The molecule has 0 amide bonds. The summed E-state index contributed by atoms with van der Waals surface area (Å²) in [6.07, 6.45) is -1.25. The molecule has 0 spiro atoms. The Kier molecular flexibility index (Phi) is 1.05. The minimum atomic E-state index is -3.84. The van der Waals surface area contributed by atoms with E-state index >= 15 is 0 Å². The third-order valence-electron chi connectivity index (χ3n) is 1.23. The van der Waals surface area contributed by atoms with Gasteiger partial charge in [0.2, 0.25) is 10.0 Å². The highest BCUT2D eigenvalue weighted by molar-refractivity contribution is 7.90. The molecule has 0 fully saturated rings. The number of aromatic nitrogens is 1. The van der Waals surface area contributed by atoms with Gasteiger partial charge >= 0.3 is 0 Å². The Morgan fingerprint density at radius 1 is 1.36 bits per heavy atom. The number of nitrogens with zero attached hydrogens (tertiary/aromatic N) is 1. The van der Waals surface area contributed by atoms with Crippen molar-refractivity contribution in [2.45, 2.75) is 19.1 Å². The molecule has 0 aliphatic carbocycles. The maximum Gasteiger partial charge on any atom is 0.240 e. The first-order valence-electron chi connectivity index (χ1n) is 5.10. The summed E-state index contributed by atoms with van der Waals surface area (Å²) in [7, 11) is -3.84.